The Kier molecular flexibility index (Phi) is 3.43. The van der Waals surface area contributed by atoms with Crippen LogP contribution in [-0.2, 0) is 13.6 Å². The van der Waals surface area contributed by atoms with Gasteiger partial charge < -0.3 is 15.0 Å². The lowest BCUT2D eigenvalue weighted by molar-refractivity contribution is -0.384. The first kappa shape index (κ1) is 13.0. The van der Waals surface area contributed by atoms with Crippen molar-refractivity contribution in [1.82, 2.24) is 14.8 Å². The molecule has 0 unspecified atom stereocenters. The van der Waals surface area contributed by atoms with Crippen LogP contribution < -0.4 is 10.5 Å². The Balaban J connectivity index is 2.55. The Hall–Kier alpha value is -2.48. The van der Waals surface area contributed by atoms with Crippen LogP contribution in [0.1, 0.15) is 5.82 Å². The van der Waals surface area contributed by atoms with Crippen molar-refractivity contribution in [3.63, 3.8) is 0 Å². The van der Waals surface area contributed by atoms with Crippen molar-refractivity contribution >= 4 is 5.69 Å². The Labute approximate surface area is 109 Å². The van der Waals surface area contributed by atoms with Gasteiger partial charge in [0.25, 0.3) is 5.69 Å². The van der Waals surface area contributed by atoms with E-state index in [2.05, 4.69) is 10.2 Å². The van der Waals surface area contributed by atoms with Crippen LogP contribution >= 0.6 is 0 Å². The van der Waals surface area contributed by atoms with Crippen molar-refractivity contribution < 1.29 is 9.66 Å². The van der Waals surface area contributed by atoms with E-state index in [4.69, 9.17) is 10.5 Å². The predicted molar refractivity (Wildman–Crippen MR) is 67.5 cm³/mol. The fourth-order valence-corrected chi connectivity index (χ4v) is 1.75. The maximum Gasteiger partial charge on any atom is 0.273 e. The molecule has 1 aromatic carbocycles. The predicted octanol–water partition coefficient (Wildman–Crippen LogP) is 0.858. The molecule has 0 atom stereocenters. The first-order valence-electron chi connectivity index (χ1n) is 5.49. The number of nitro benzene ring substituents is 1. The number of nitrogens with zero attached hydrogens (tertiary/aromatic N) is 4. The molecule has 1 aromatic heterocycles. The van der Waals surface area contributed by atoms with Crippen LogP contribution in [0.3, 0.4) is 0 Å². The number of rotatable bonds is 4. The summed E-state index contributed by atoms with van der Waals surface area (Å²) in [7, 11) is 3.22. The molecule has 2 aromatic rings. The minimum Gasteiger partial charge on any atom is -0.496 e. The Bertz CT molecular complexity index is 623. The number of aromatic nitrogens is 3. The van der Waals surface area contributed by atoms with Crippen molar-refractivity contribution in [2.45, 2.75) is 6.54 Å². The molecule has 0 spiro atoms. The number of ether oxygens (including phenoxy) is 1. The van der Waals surface area contributed by atoms with Crippen LogP contribution in [-0.4, -0.2) is 26.8 Å². The summed E-state index contributed by atoms with van der Waals surface area (Å²) < 4.78 is 6.90. The van der Waals surface area contributed by atoms with Crippen LogP contribution in [0.25, 0.3) is 11.4 Å². The molecule has 0 aliphatic heterocycles. The van der Waals surface area contributed by atoms with Gasteiger partial charge in [0, 0.05) is 13.1 Å². The number of nitro groups is 1. The van der Waals surface area contributed by atoms with E-state index in [0.29, 0.717) is 23.0 Å². The maximum absolute atomic E-state index is 10.7. The monoisotopic (exact) mass is 263 g/mol. The third-order valence-electron chi connectivity index (χ3n) is 2.78. The van der Waals surface area contributed by atoms with E-state index >= 15 is 0 Å². The molecular weight excluding hydrogens is 250 g/mol. The van der Waals surface area contributed by atoms with E-state index in [-0.39, 0.29) is 12.2 Å². The number of nitrogens with two attached hydrogens (primary N) is 1. The molecule has 100 valence electrons. The Morgan fingerprint density at radius 2 is 2.21 bits per heavy atom. The highest BCUT2D eigenvalue weighted by atomic mass is 16.6. The summed E-state index contributed by atoms with van der Waals surface area (Å²) in [4.78, 5) is 10.3. The van der Waals surface area contributed by atoms with Crippen molar-refractivity contribution in [3.8, 4) is 17.1 Å². The topological polar surface area (TPSA) is 109 Å². The van der Waals surface area contributed by atoms with E-state index < -0.39 is 4.92 Å². The van der Waals surface area contributed by atoms with Crippen LogP contribution in [0, 0.1) is 10.1 Å². The minimum absolute atomic E-state index is 0.0400. The summed E-state index contributed by atoms with van der Waals surface area (Å²) in [5, 5.41) is 18.7. The summed E-state index contributed by atoms with van der Waals surface area (Å²) in [5.74, 6) is 1.54. The third kappa shape index (κ3) is 2.25. The highest BCUT2D eigenvalue weighted by Crippen LogP contribution is 2.32. The van der Waals surface area contributed by atoms with Gasteiger partial charge in [-0.3, -0.25) is 10.1 Å². The molecule has 0 bridgehead atoms. The number of benzene rings is 1. The van der Waals surface area contributed by atoms with Crippen molar-refractivity contribution in [2.24, 2.45) is 12.8 Å². The van der Waals surface area contributed by atoms with Crippen molar-refractivity contribution in [2.75, 3.05) is 7.11 Å². The third-order valence-corrected chi connectivity index (χ3v) is 2.78. The summed E-state index contributed by atoms with van der Waals surface area (Å²) >= 11 is 0. The largest absolute Gasteiger partial charge is 0.496 e. The van der Waals surface area contributed by atoms with Crippen molar-refractivity contribution in [1.29, 1.82) is 0 Å². The SMILES string of the molecule is COc1cc([N+](=O)[O-])ccc1-c1nnc(CN)n1C. The second-order valence-electron chi connectivity index (χ2n) is 3.84. The molecule has 0 radical (unpaired) electrons. The Morgan fingerprint density at radius 1 is 1.47 bits per heavy atom. The molecular formula is C11H13N5O3. The molecule has 0 amide bonds. The zero-order valence-corrected chi connectivity index (χ0v) is 10.5. The van der Waals surface area contributed by atoms with Gasteiger partial charge in [0.15, 0.2) is 5.82 Å². The first-order chi connectivity index (χ1) is 9.08. The fourth-order valence-electron chi connectivity index (χ4n) is 1.75. The molecule has 1 heterocycles. The average Bonchev–Trinajstić information content (AvgIpc) is 2.78. The zero-order valence-electron chi connectivity index (χ0n) is 10.5. The highest BCUT2D eigenvalue weighted by Gasteiger charge is 2.17. The molecule has 2 N–H and O–H groups in total. The van der Waals surface area contributed by atoms with E-state index in [9.17, 15) is 10.1 Å². The van der Waals surface area contributed by atoms with Gasteiger partial charge >= 0.3 is 0 Å². The number of methoxy groups -OCH3 is 1. The molecule has 0 aliphatic carbocycles. The average molecular weight is 263 g/mol. The number of hydrogen-bond acceptors (Lipinski definition) is 6. The van der Waals surface area contributed by atoms with E-state index in [1.807, 2.05) is 0 Å². The smallest absolute Gasteiger partial charge is 0.273 e. The van der Waals surface area contributed by atoms with Crippen LogP contribution in [0.15, 0.2) is 18.2 Å². The summed E-state index contributed by atoms with van der Waals surface area (Å²) in [6, 6.07) is 4.34. The van der Waals surface area contributed by atoms with Crippen molar-refractivity contribution in [3.05, 3.63) is 34.1 Å². The van der Waals surface area contributed by atoms with E-state index in [1.165, 1.54) is 19.2 Å². The lowest BCUT2D eigenvalue weighted by Crippen LogP contribution is -2.05. The van der Waals surface area contributed by atoms with Gasteiger partial charge in [-0.15, -0.1) is 10.2 Å². The molecule has 0 aliphatic rings. The van der Waals surface area contributed by atoms with Crippen LogP contribution in [0.4, 0.5) is 5.69 Å². The molecule has 0 saturated heterocycles. The minimum atomic E-state index is -0.478. The van der Waals surface area contributed by atoms with E-state index in [0.717, 1.165) is 0 Å². The highest BCUT2D eigenvalue weighted by molar-refractivity contribution is 5.67. The van der Waals surface area contributed by atoms with Gasteiger partial charge in [-0.2, -0.15) is 0 Å². The van der Waals surface area contributed by atoms with Gasteiger partial charge in [0.2, 0.25) is 0 Å². The zero-order chi connectivity index (χ0) is 14.0. The quantitative estimate of drug-likeness (QED) is 0.647. The van der Waals surface area contributed by atoms with Crippen LogP contribution in [0.2, 0.25) is 0 Å². The van der Waals surface area contributed by atoms with Gasteiger partial charge in [0.05, 0.1) is 30.2 Å². The molecule has 8 nitrogen and oxygen atoms in total. The van der Waals surface area contributed by atoms with Crippen LogP contribution in [0.5, 0.6) is 5.75 Å². The summed E-state index contributed by atoms with van der Waals surface area (Å²) in [5.41, 5.74) is 6.12. The number of non-ortho nitro benzene ring substituents is 1. The molecule has 8 heteroatoms. The fraction of sp³-hybridized carbons (Fsp3) is 0.273. The molecule has 0 saturated carbocycles. The molecule has 0 fully saturated rings. The summed E-state index contributed by atoms with van der Waals surface area (Å²) in [6.45, 7) is 0.263. The number of hydrogen-bond donors (Lipinski definition) is 1. The van der Waals surface area contributed by atoms with Gasteiger partial charge in [-0.25, -0.2) is 0 Å². The second kappa shape index (κ2) is 5.02. The first-order valence-corrected chi connectivity index (χ1v) is 5.49. The lowest BCUT2D eigenvalue weighted by Gasteiger charge is -2.08. The second-order valence-corrected chi connectivity index (χ2v) is 3.84. The Morgan fingerprint density at radius 3 is 2.74 bits per heavy atom. The van der Waals surface area contributed by atoms with E-state index in [1.54, 1.807) is 17.7 Å². The lowest BCUT2D eigenvalue weighted by atomic mass is 10.1. The van der Waals surface area contributed by atoms with Gasteiger partial charge in [-0.05, 0) is 6.07 Å². The normalized spacial score (nSPS) is 10.5. The molecule has 19 heavy (non-hydrogen) atoms. The van der Waals surface area contributed by atoms with Gasteiger partial charge in [0.1, 0.15) is 11.6 Å². The molecule has 2 rings (SSSR count). The standard InChI is InChI=1S/C11H13N5O3/c1-15-10(6-12)13-14-11(15)8-4-3-7(16(17)18)5-9(8)19-2/h3-5H,6,12H2,1-2H3. The maximum atomic E-state index is 10.7. The summed E-state index contributed by atoms with van der Waals surface area (Å²) in [6.07, 6.45) is 0. The van der Waals surface area contributed by atoms with Gasteiger partial charge in [-0.1, -0.05) is 0 Å².